The van der Waals surface area contributed by atoms with Crippen molar-refractivity contribution in [3.8, 4) is 0 Å². The molecule has 1 heterocycles. The lowest BCUT2D eigenvalue weighted by molar-refractivity contribution is 0.577. The van der Waals surface area contributed by atoms with Crippen molar-refractivity contribution in [3.63, 3.8) is 0 Å². The summed E-state index contributed by atoms with van der Waals surface area (Å²) in [5.74, 6) is -1.11. The average molecular weight is 265 g/mol. The summed E-state index contributed by atoms with van der Waals surface area (Å²) in [7, 11) is 0. The average Bonchev–Trinajstić information content (AvgIpc) is 2.76. The van der Waals surface area contributed by atoms with Gasteiger partial charge in [0.2, 0.25) is 0 Å². The second-order valence-electron chi connectivity index (χ2n) is 4.42. The van der Waals surface area contributed by atoms with E-state index in [1.807, 2.05) is 10.8 Å². The van der Waals surface area contributed by atoms with Crippen LogP contribution in [0.25, 0.3) is 0 Å². The summed E-state index contributed by atoms with van der Waals surface area (Å²) in [6, 6.07) is 3.54. The van der Waals surface area contributed by atoms with Crippen LogP contribution in [-0.4, -0.2) is 22.6 Å². The molecule has 0 saturated carbocycles. The number of likely N-dealkylation sites (N-methyl/N-ethyl adjacent to an activating group) is 1. The van der Waals surface area contributed by atoms with Gasteiger partial charge < -0.3 is 9.88 Å². The maximum atomic E-state index is 13.1. The van der Waals surface area contributed by atoms with Gasteiger partial charge in [0.1, 0.15) is 11.6 Å². The molecule has 0 aliphatic rings. The van der Waals surface area contributed by atoms with E-state index >= 15 is 0 Å². The topological polar surface area (TPSA) is 29.9 Å². The fourth-order valence-corrected chi connectivity index (χ4v) is 1.93. The van der Waals surface area contributed by atoms with E-state index in [9.17, 15) is 8.78 Å². The van der Waals surface area contributed by atoms with E-state index in [4.69, 9.17) is 0 Å². The minimum Gasteiger partial charge on any atom is -0.333 e. The molecule has 0 spiro atoms. The van der Waals surface area contributed by atoms with Crippen molar-refractivity contribution in [2.75, 3.05) is 13.1 Å². The minimum atomic E-state index is -0.553. The molecule has 0 atom stereocenters. The van der Waals surface area contributed by atoms with Crippen molar-refractivity contribution in [2.24, 2.45) is 0 Å². The van der Waals surface area contributed by atoms with Crippen molar-refractivity contribution in [1.82, 2.24) is 14.9 Å². The predicted octanol–water partition coefficient (Wildman–Crippen LogP) is 2.36. The number of halogens is 2. The van der Waals surface area contributed by atoms with Crippen LogP contribution in [0.3, 0.4) is 0 Å². The van der Waals surface area contributed by atoms with Crippen molar-refractivity contribution >= 4 is 0 Å². The molecule has 0 aliphatic heterocycles. The number of rotatable bonds is 6. The molecule has 1 aromatic heterocycles. The standard InChI is InChI=1S/C14H17F2N3/c1-2-17-4-3-14-9-19(10-18-14)8-11-5-12(15)7-13(16)6-11/h5-7,9-10,17H,2-4,8H2,1H3. The number of nitrogens with one attached hydrogen (secondary N) is 1. The highest BCUT2D eigenvalue weighted by Gasteiger charge is 2.03. The minimum absolute atomic E-state index is 0.420. The van der Waals surface area contributed by atoms with Gasteiger partial charge in [-0.15, -0.1) is 0 Å². The summed E-state index contributed by atoms with van der Waals surface area (Å²) in [5.41, 5.74) is 1.56. The molecular weight excluding hydrogens is 248 g/mol. The lowest BCUT2D eigenvalue weighted by Crippen LogP contribution is -2.16. The third kappa shape index (κ3) is 4.13. The molecule has 0 unspecified atom stereocenters. The first-order valence-electron chi connectivity index (χ1n) is 6.33. The van der Waals surface area contributed by atoms with E-state index < -0.39 is 11.6 Å². The number of benzene rings is 1. The summed E-state index contributed by atoms with van der Waals surface area (Å²) >= 11 is 0. The molecular formula is C14H17F2N3. The van der Waals surface area contributed by atoms with Gasteiger partial charge in [0, 0.05) is 31.8 Å². The fraction of sp³-hybridized carbons (Fsp3) is 0.357. The van der Waals surface area contributed by atoms with Gasteiger partial charge in [0.05, 0.1) is 12.0 Å². The number of aromatic nitrogens is 2. The summed E-state index contributed by atoms with van der Waals surface area (Å²) in [4.78, 5) is 4.26. The summed E-state index contributed by atoms with van der Waals surface area (Å²) in [5, 5.41) is 3.22. The van der Waals surface area contributed by atoms with Crippen LogP contribution in [-0.2, 0) is 13.0 Å². The molecule has 0 radical (unpaired) electrons. The molecule has 0 fully saturated rings. The Balaban J connectivity index is 1.99. The highest BCUT2D eigenvalue weighted by molar-refractivity contribution is 5.18. The molecule has 102 valence electrons. The summed E-state index contributed by atoms with van der Waals surface area (Å²) in [6.07, 6.45) is 4.43. The molecule has 5 heteroatoms. The van der Waals surface area contributed by atoms with Crippen LogP contribution in [0, 0.1) is 11.6 Å². The van der Waals surface area contributed by atoms with E-state index in [2.05, 4.69) is 17.2 Å². The van der Waals surface area contributed by atoms with Crippen molar-refractivity contribution in [1.29, 1.82) is 0 Å². The molecule has 0 bridgehead atoms. The van der Waals surface area contributed by atoms with Crippen molar-refractivity contribution in [3.05, 3.63) is 53.6 Å². The van der Waals surface area contributed by atoms with Crippen LogP contribution in [0.5, 0.6) is 0 Å². The van der Waals surface area contributed by atoms with Crippen LogP contribution in [0.4, 0.5) is 8.78 Å². The number of hydrogen-bond acceptors (Lipinski definition) is 2. The normalized spacial score (nSPS) is 10.9. The first-order valence-corrected chi connectivity index (χ1v) is 6.33. The SMILES string of the molecule is CCNCCc1cn(Cc2cc(F)cc(F)c2)cn1. The third-order valence-electron chi connectivity index (χ3n) is 2.78. The van der Waals surface area contributed by atoms with Crippen LogP contribution < -0.4 is 5.32 Å². The van der Waals surface area contributed by atoms with E-state index in [0.29, 0.717) is 12.1 Å². The second kappa shape index (κ2) is 6.43. The maximum absolute atomic E-state index is 13.1. The van der Waals surface area contributed by atoms with Gasteiger partial charge in [-0.3, -0.25) is 0 Å². The Bertz CT molecular complexity index is 517. The van der Waals surface area contributed by atoms with Crippen LogP contribution in [0.2, 0.25) is 0 Å². The molecule has 0 amide bonds. The quantitative estimate of drug-likeness (QED) is 0.813. The zero-order valence-electron chi connectivity index (χ0n) is 10.9. The fourth-order valence-electron chi connectivity index (χ4n) is 1.93. The molecule has 0 saturated heterocycles. The van der Waals surface area contributed by atoms with E-state index in [-0.39, 0.29) is 0 Å². The third-order valence-corrected chi connectivity index (χ3v) is 2.78. The Morgan fingerprint density at radius 1 is 1.21 bits per heavy atom. The molecule has 19 heavy (non-hydrogen) atoms. The van der Waals surface area contributed by atoms with Gasteiger partial charge >= 0.3 is 0 Å². The summed E-state index contributed by atoms with van der Waals surface area (Å²) in [6.45, 7) is 4.28. The molecule has 2 rings (SSSR count). The highest BCUT2D eigenvalue weighted by atomic mass is 19.1. The van der Waals surface area contributed by atoms with Gasteiger partial charge in [0.15, 0.2) is 0 Å². The van der Waals surface area contributed by atoms with E-state index in [1.54, 1.807) is 6.33 Å². The van der Waals surface area contributed by atoms with Gasteiger partial charge in [-0.2, -0.15) is 0 Å². The van der Waals surface area contributed by atoms with Crippen LogP contribution in [0.15, 0.2) is 30.7 Å². The monoisotopic (exact) mass is 265 g/mol. The number of nitrogens with zero attached hydrogens (tertiary/aromatic N) is 2. The van der Waals surface area contributed by atoms with Crippen molar-refractivity contribution < 1.29 is 8.78 Å². The first kappa shape index (κ1) is 13.7. The lowest BCUT2D eigenvalue weighted by Gasteiger charge is -2.03. The first-order chi connectivity index (χ1) is 9.17. The smallest absolute Gasteiger partial charge is 0.126 e. The maximum Gasteiger partial charge on any atom is 0.126 e. The van der Waals surface area contributed by atoms with Gasteiger partial charge in [-0.05, 0) is 24.2 Å². The van der Waals surface area contributed by atoms with Crippen LogP contribution >= 0.6 is 0 Å². The van der Waals surface area contributed by atoms with Gasteiger partial charge in [-0.1, -0.05) is 6.92 Å². The zero-order chi connectivity index (χ0) is 13.7. The van der Waals surface area contributed by atoms with E-state index in [0.717, 1.165) is 31.3 Å². The van der Waals surface area contributed by atoms with Gasteiger partial charge in [-0.25, -0.2) is 13.8 Å². The molecule has 1 aromatic carbocycles. The Morgan fingerprint density at radius 2 is 1.95 bits per heavy atom. The zero-order valence-corrected chi connectivity index (χ0v) is 10.9. The number of hydrogen-bond donors (Lipinski definition) is 1. The number of imidazole rings is 1. The largest absolute Gasteiger partial charge is 0.333 e. The Labute approximate surface area is 111 Å². The lowest BCUT2D eigenvalue weighted by atomic mass is 10.2. The summed E-state index contributed by atoms with van der Waals surface area (Å²) < 4.78 is 28.0. The van der Waals surface area contributed by atoms with Gasteiger partial charge in [0.25, 0.3) is 0 Å². The Kier molecular flexibility index (Phi) is 4.63. The second-order valence-corrected chi connectivity index (χ2v) is 4.42. The molecule has 1 N–H and O–H groups in total. The highest BCUT2D eigenvalue weighted by Crippen LogP contribution is 2.10. The molecule has 3 nitrogen and oxygen atoms in total. The molecule has 2 aromatic rings. The predicted molar refractivity (Wildman–Crippen MR) is 69.9 cm³/mol. The van der Waals surface area contributed by atoms with E-state index in [1.165, 1.54) is 12.1 Å². The Morgan fingerprint density at radius 3 is 2.63 bits per heavy atom. The van der Waals surface area contributed by atoms with Crippen LogP contribution in [0.1, 0.15) is 18.2 Å². The molecule has 0 aliphatic carbocycles. The van der Waals surface area contributed by atoms with Crippen molar-refractivity contribution in [2.45, 2.75) is 19.9 Å². The Hall–Kier alpha value is -1.75.